The first-order valence-electron chi connectivity index (χ1n) is 9.03. The summed E-state index contributed by atoms with van der Waals surface area (Å²) in [6.45, 7) is 8.41. The second-order valence-corrected chi connectivity index (χ2v) is 7.28. The zero-order valence-corrected chi connectivity index (χ0v) is 15.0. The van der Waals surface area contributed by atoms with Gasteiger partial charge in [0.1, 0.15) is 0 Å². The summed E-state index contributed by atoms with van der Waals surface area (Å²) in [5, 5.41) is 5.81. The number of ether oxygens (including phenoxy) is 1. The lowest BCUT2D eigenvalue weighted by atomic mass is 9.90. The van der Waals surface area contributed by atoms with E-state index in [1.807, 2.05) is 24.3 Å². The Bertz CT molecular complexity index is 632. The Morgan fingerprint density at radius 1 is 1.40 bits per heavy atom. The fourth-order valence-corrected chi connectivity index (χ4v) is 3.57. The van der Waals surface area contributed by atoms with Crippen LogP contribution in [0.25, 0.3) is 0 Å². The van der Waals surface area contributed by atoms with Gasteiger partial charge in [0.2, 0.25) is 11.8 Å². The Hall–Kier alpha value is -1.92. The van der Waals surface area contributed by atoms with Crippen molar-refractivity contribution in [1.29, 1.82) is 0 Å². The highest BCUT2D eigenvalue weighted by molar-refractivity contribution is 6.01. The van der Waals surface area contributed by atoms with Crippen molar-refractivity contribution in [3.63, 3.8) is 0 Å². The lowest BCUT2D eigenvalue weighted by Crippen LogP contribution is -2.49. The monoisotopic (exact) mass is 345 g/mol. The molecule has 0 aromatic heterocycles. The van der Waals surface area contributed by atoms with Gasteiger partial charge in [-0.1, -0.05) is 32.0 Å². The van der Waals surface area contributed by atoms with E-state index >= 15 is 0 Å². The number of hydrogen-bond donors (Lipinski definition) is 2. The highest BCUT2D eigenvalue weighted by Gasteiger charge is 2.31. The van der Waals surface area contributed by atoms with Crippen LogP contribution < -0.4 is 10.6 Å². The SMILES string of the molecule is CC(C)CN1CCO[C@@H](CNC(=O)[C@H]2CC(=O)Nc3ccccc32)C1. The molecule has 2 amide bonds. The molecule has 136 valence electrons. The lowest BCUT2D eigenvalue weighted by Gasteiger charge is -2.34. The molecule has 2 aliphatic heterocycles. The number of carbonyl (C=O) groups is 2. The van der Waals surface area contributed by atoms with Gasteiger partial charge in [-0.2, -0.15) is 0 Å². The van der Waals surface area contributed by atoms with Gasteiger partial charge in [-0.15, -0.1) is 0 Å². The van der Waals surface area contributed by atoms with Crippen molar-refractivity contribution in [3.8, 4) is 0 Å². The molecule has 25 heavy (non-hydrogen) atoms. The third-order valence-electron chi connectivity index (χ3n) is 4.67. The van der Waals surface area contributed by atoms with Gasteiger partial charge in [-0.3, -0.25) is 14.5 Å². The van der Waals surface area contributed by atoms with Crippen molar-refractivity contribution < 1.29 is 14.3 Å². The summed E-state index contributed by atoms with van der Waals surface area (Å²) < 4.78 is 5.78. The molecule has 3 rings (SSSR count). The van der Waals surface area contributed by atoms with E-state index in [2.05, 4.69) is 29.4 Å². The van der Waals surface area contributed by atoms with E-state index in [0.717, 1.165) is 30.9 Å². The largest absolute Gasteiger partial charge is 0.374 e. The molecule has 0 unspecified atom stereocenters. The topological polar surface area (TPSA) is 70.7 Å². The second kappa shape index (κ2) is 7.97. The predicted octanol–water partition coefficient (Wildman–Crippen LogP) is 1.59. The van der Waals surface area contributed by atoms with Gasteiger partial charge in [0.15, 0.2) is 0 Å². The van der Waals surface area contributed by atoms with E-state index in [1.54, 1.807) is 0 Å². The molecular weight excluding hydrogens is 318 g/mol. The minimum atomic E-state index is -0.430. The molecule has 6 nitrogen and oxygen atoms in total. The van der Waals surface area contributed by atoms with Gasteiger partial charge in [0.25, 0.3) is 0 Å². The number of hydrogen-bond acceptors (Lipinski definition) is 4. The number of carbonyl (C=O) groups excluding carboxylic acids is 2. The number of fused-ring (bicyclic) bond motifs is 1. The first-order chi connectivity index (χ1) is 12.0. The Kier molecular flexibility index (Phi) is 5.71. The van der Waals surface area contributed by atoms with Gasteiger partial charge in [-0.25, -0.2) is 0 Å². The highest BCUT2D eigenvalue weighted by atomic mass is 16.5. The fourth-order valence-electron chi connectivity index (χ4n) is 3.57. The molecular formula is C19H27N3O3. The third-order valence-corrected chi connectivity index (χ3v) is 4.67. The van der Waals surface area contributed by atoms with Crippen LogP contribution in [0.2, 0.25) is 0 Å². The Morgan fingerprint density at radius 3 is 3.00 bits per heavy atom. The van der Waals surface area contributed by atoms with Gasteiger partial charge >= 0.3 is 0 Å². The normalized spacial score (nSPS) is 23.9. The molecule has 2 N–H and O–H groups in total. The summed E-state index contributed by atoms with van der Waals surface area (Å²) in [6, 6.07) is 7.49. The molecule has 2 heterocycles. The van der Waals surface area contributed by atoms with Gasteiger partial charge in [-0.05, 0) is 17.5 Å². The average molecular weight is 345 g/mol. The Labute approximate surface area is 148 Å². The zero-order valence-electron chi connectivity index (χ0n) is 15.0. The Morgan fingerprint density at radius 2 is 2.20 bits per heavy atom. The van der Waals surface area contributed by atoms with E-state index in [4.69, 9.17) is 4.74 Å². The quantitative estimate of drug-likeness (QED) is 0.850. The summed E-state index contributed by atoms with van der Waals surface area (Å²) in [7, 11) is 0. The van der Waals surface area contributed by atoms with E-state index in [9.17, 15) is 9.59 Å². The average Bonchev–Trinajstić information content (AvgIpc) is 2.58. The van der Waals surface area contributed by atoms with Crippen LogP contribution in [0.3, 0.4) is 0 Å². The van der Waals surface area contributed by atoms with Crippen LogP contribution in [0.15, 0.2) is 24.3 Å². The summed E-state index contributed by atoms with van der Waals surface area (Å²) >= 11 is 0. The Balaban J connectivity index is 1.57. The van der Waals surface area contributed by atoms with Crippen molar-refractivity contribution in [2.75, 3.05) is 38.1 Å². The molecule has 0 saturated carbocycles. The fraction of sp³-hybridized carbons (Fsp3) is 0.579. The number of para-hydroxylation sites is 1. The predicted molar refractivity (Wildman–Crippen MR) is 96.5 cm³/mol. The molecule has 0 spiro atoms. The smallest absolute Gasteiger partial charge is 0.228 e. The van der Waals surface area contributed by atoms with Gasteiger partial charge < -0.3 is 15.4 Å². The standard InChI is InChI=1S/C19H27N3O3/c1-13(2)11-22-7-8-25-14(12-22)10-20-19(24)16-9-18(23)21-17-6-4-3-5-15(16)17/h3-6,13-14,16H,7-12H2,1-2H3,(H,20,24)(H,21,23)/t14-,16-/m0/s1. The van der Waals surface area contributed by atoms with Crippen molar-refractivity contribution in [2.24, 2.45) is 5.92 Å². The number of rotatable bonds is 5. The maximum atomic E-state index is 12.6. The van der Waals surface area contributed by atoms with Gasteiger partial charge in [0, 0.05) is 38.3 Å². The molecule has 6 heteroatoms. The number of morpholine rings is 1. The molecule has 0 radical (unpaired) electrons. The summed E-state index contributed by atoms with van der Waals surface area (Å²) in [4.78, 5) is 26.9. The van der Waals surface area contributed by atoms with Crippen LogP contribution in [-0.4, -0.2) is 55.6 Å². The molecule has 1 fully saturated rings. The minimum Gasteiger partial charge on any atom is -0.374 e. The number of nitrogens with zero attached hydrogens (tertiary/aromatic N) is 1. The van der Waals surface area contributed by atoms with Crippen molar-refractivity contribution >= 4 is 17.5 Å². The van der Waals surface area contributed by atoms with Crippen molar-refractivity contribution in [1.82, 2.24) is 10.2 Å². The van der Waals surface area contributed by atoms with Crippen LogP contribution >= 0.6 is 0 Å². The summed E-state index contributed by atoms with van der Waals surface area (Å²) in [6.07, 6.45) is 0.192. The zero-order chi connectivity index (χ0) is 17.8. The maximum Gasteiger partial charge on any atom is 0.228 e. The molecule has 0 bridgehead atoms. The lowest BCUT2D eigenvalue weighted by molar-refractivity contribution is -0.127. The van der Waals surface area contributed by atoms with Gasteiger partial charge in [0.05, 0.1) is 18.6 Å². The molecule has 0 aliphatic carbocycles. The first-order valence-corrected chi connectivity index (χ1v) is 9.03. The molecule has 1 aromatic rings. The van der Waals surface area contributed by atoms with E-state index in [1.165, 1.54) is 0 Å². The first kappa shape index (κ1) is 17.9. The number of anilines is 1. The van der Waals surface area contributed by atoms with Crippen LogP contribution in [0.4, 0.5) is 5.69 Å². The van der Waals surface area contributed by atoms with Crippen LogP contribution in [0.1, 0.15) is 31.7 Å². The second-order valence-electron chi connectivity index (χ2n) is 7.28. The molecule has 2 aliphatic rings. The van der Waals surface area contributed by atoms with E-state index < -0.39 is 5.92 Å². The van der Waals surface area contributed by atoms with E-state index in [0.29, 0.717) is 19.1 Å². The summed E-state index contributed by atoms with van der Waals surface area (Å²) in [5.74, 6) is -0.0336. The maximum absolute atomic E-state index is 12.6. The summed E-state index contributed by atoms with van der Waals surface area (Å²) in [5.41, 5.74) is 1.61. The van der Waals surface area contributed by atoms with E-state index in [-0.39, 0.29) is 24.3 Å². The highest BCUT2D eigenvalue weighted by Crippen LogP contribution is 2.31. The number of benzene rings is 1. The third kappa shape index (κ3) is 4.58. The molecule has 1 saturated heterocycles. The van der Waals surface area contributed by atoms with Crippen LogP contribution in [0, 0.1) is 5.92 Å². The van der Waals surface area contributed by atoms with Crippen molar-refractivity contribution in [2.45, 2.75) is 32.3 Å². The molecule has 1 aromatic carbocycles. The van der Waals surface area contributed by atoms with Crippen molar-refractivity contribution in [3.05, 3.63) is 29.8 Å². The minimum absolute atomic E-state index is 0.00381. The number of nitrogens with one attached hydrogen (secondary N) is 2. The number of amides is 2. The molecule has 2 atom stereocenters. The van der Waals surface area contributed by atoms with Crippen LogP contribution in [0.5, 0.6) is 0 Å². The van der Waals surface area contributed by atoms with Crippen LogP contribution in [-0.2, 0) is 14.3 Å².